The lowest BCUT2D eigenvalue weighted by Gasteiger charge is -2.27. The fourth-order valence-corrected chi connectivity index (χ4v) is 1.27. The van der Waals surface area contributed by atoms with Crippen molar-refractivity contribution < 1.29 is 0 Å². The van der Waals surface area contributed by atoms with Gasteiger partial charge in [-0.25, -0.2) is 0 Å². The first-order chi connectivity index (χ1) is 5.33. The monoisotopic (exact) mass is 151 g/mol. The molecule has 11 heavy (non-hydrogen) atoms. The molecular weight excluding hydrogens is 135 g/mol. The molecule has 1 aliphatic rings. The van der Waals surface area contributed by atoms with Crippen LogP contribution in [-0.2, 0) is 0 Å². The van der Waals surface area contributed by atoms with Crippen LogP contribution in [0.4, 0.5) is 0 Å². The minimum Gasteiger partial charge on any atom is -0.377 e. The Kier molecular flexibility index (Phi) is 4.04. The van der Waals surface area contributed by atoms with Crippen LogP contribution >= 0.6 is 0 Å². The van der Waals surface area contributed by atoms with Gasteiger partial charge >= 0.3 is 0 Å². The highest BCUT2D eigenvalue weighted by Gasteiger charge is 2.14. The molecule has 6 heteroatoms. The molecule has 0 amide bonds. The largest absolute Gasteiger partial charge is 0.377 e. The number of nitrogens with zero attached hydrogens (tertiary/aromatic N) is 1. The maximum absolute atomic E-state index is 3.28. The van der Waals surface area contributed by atoms with E-state index in [2.05, 4.69) is 28.8 Å². The van der Waals surface area contributed by atoms with E-state index in [1.165, 1.54) is 13.0 Å². The minimum atomic E-state index is 0.816. The summed E-state index contributed by atoms with van der Waals surface area (Å²) in [5.41, 5.74) is 0. The average Bonchev–Trinajstić information content (AvgIpc) is 2.06. The predicted octanol–water partition coefficient (Wildman–Crippen LogP) is -1.67. The van der Waals surface area contributed by atoms with Gasteiger partial charge in [0.05, 0.1) is 0 Å². The summed E-state index contributed by atoms with van der Waals surface area (Å²) >= 11 is 0. The summed E-state index contributed by atoms with van der Waals surface area (Å²) in [6, 6.07) is 0. The molecule has 60 valence electrons. The Balaban J connectivity index is 2.13. The van der Waals surface area contributed by atoms with Crippen molar-refractivity contribution in [2.75, 3.05) is 6.54 Å². The van der Waals surface area contributed by atoms with E-state index in [-0.39, 0.29) is 0 Å². The molecule has 3 nitrogen and oxygen atoms in total. The molecule has 1 unspecified atom stereocenters. The van der Waals surface area contributed by atoms with Crippen molar-refractivity contribution in [3.8, 4) is 0 Å². The third-order valence-corrected chi connectivity index (χ3v) is 2.19. The first-order valence-corrected chi connectivity index (χ1v) is 4.46. The van der Waals surface area contributed by atoms with Gasteiger partial charge in [-0.2, -0.15) is 0 Å². The van der Waals surface area contributed by atoms with Crippen molar-refractivity contribution >= 4 is 22.6 Å². The van der Waals surface area contributed by atoms with E-state index < -0.39 is 0 Å². The van der Waals surface area contributed by atoms with Crippen LogP contribution in [-0.4, -0.2) is 33.9 Å². The van der Waals surface area contributed by atoms with E-state index >= 15 is 0 Å². The van der Waals surface area contributed by atoms with Crippen LogP contribution in [0.1, 0.15) is 20.3 Å². The van der Waals surface area contributed by atoms with Gasteiger partial charge in [0, 0.05) is 0 Å². The Labute approximate surface area is 71.2 Å². The van der Waals surface area contributed by atoms with Gasteiger partial charge in [-0.15, -0.1) is 0 Å². The van der Waals surface area contributed by atoms with Crippen molar-refractivity contribution in [1.29, 1.82) is 0 Å². The van der Waals surface area contributed by atoms with E-state index in [0.717, 1.165) is 28.6 Å². The van der Waals surface area contributed by atoms with Crippen molar-refractivity contribution in [3.63, 3.8) is 0 Å². The summed E-state index contributed by atoms with van der Waals surface area (Å²) < 4.78 is 2.40. The zero-order valence-corrected chi connectivity index (χ0v) is 7.56. The van der Waals surface area contributed by atoms with Crippen LogP contribution in [0.25, 0.3) is 0 Å². The molecule has 0 aromatic heterocycles. The third-order valence-electron chi connectivity index (χ3n) is 2.19. The van der Waals surface area contributed by atoms with Crippen LogP contribution in [0, 0.1) is 5.92 Å². The molecule has 0 radical (unpaired) electrons. The molecule has 1 fully saturated rings. The lowest BCUT2D eigenvalue weighted by Crippen LogP contribution is -2.58. The summed E-state index contributed by atoms with van der Waals surface area (Å²) in [6.45, 7) is 5.75. The van der Waals surface area contributed by atoms with Gasteiger partial charge in [-0.1, -0.05) is 20.3 Å². The average molecular weight is 151 g/mol. The van der Waals surface area contributed by atoms with Crippen molar-refractivity contribution in [2.45, 2.75) is 20.3 Å². The molecule has 0 bridgehead atoms. The van der Waals surface area contributed by atoms with Crippen molar-refractivity contribution in [1.82, 2.24) is 15.0 Å². The fraction of sp³-hybridized carbons (Fsp3) is 1.00. The van der Waals surface area contributed by atoms with Crippen molar-refractivity contribution in [2.24, 2.45) is 5.92 Å². The van der Waals surface area contributed by atoms with Gasteiger partial charge in [-0.3, -0.25) is 0 Å². The van der Waals surface area contributed by atoms with Crippen LogP contribution in [0.15, 0.2) is 0 Å². The smallest absolute Gasteiger partial charge is 0.267 e. The van der Waals surface area contributed by atoms with E-state index in [9.17, 15) is 0 Å². The second kappa shape index (κ2) is 4.85. The van der Waals surface area contributed by atoms with Gasteiger partial charge in [-0.05, 0) is 12.5 Å². The topological polar surface area (TPSA) is 27.3 Å². The third kappa shape index (κ3) is 3.32. The minimum absolute atomic E-state index is 0.816. The summed E-state index contributed by atoms with van der Waals surface area (Å²) in [4.78, 5) is 0. The van der Waals surface area contributed by atoms with Crippen LogP contribution in [0.2, 0.25) is 0 Å². The Hall–Kier alpha value is 0.0748. The molecular formula is C5H16B3N3. The first kappa shape index (κ1) is 9.17. The van der Waals surface area contributed by atoms with Crippen LogP contribution < -0.4 is 10.3 Å². The van der Waals surface area contributed by atoms with E-state index in [4.69, 9.17) is 0 Å². The highest BCUT2D eigenvalue weighted by molar-refractivity contribution is 6.65. The Morgan fingerprint density at radius 1 is 1.36 bits per heavy atom. The van der Waals surface area contributed by atoms with E-state index in [0.29, 0.717) is 0 Å². The standard InChI is InChI=1S/C5H16B3N3/c1-3-5(2)4-11-7-9-6-10-8-11/h5-10H,3-4H2,1-2H3. The molecule has 1 aliphatic heterocycles. The fourth-order valence-electron chi connectivity index (χ4n) is 1.27. The lowest BCUT2D eigenvalue weighted by molar-refractivity contribution is 0.469. The first-order valence-electron chi connectivity index (χ1n) is 4.46. The molecule has 1 rings (SSSR count). The number of nitrogens with one attached hydrogen (secondary N) is 2. The zero-order valence-electron chi connectivity index (χ0n) is 7.56. The SMILES string of the molecule is CCC(C)CN1BNBNB1. The molecule has 0 aromatic rings. The van der Waals surface area contributed by atoms with Gasteiger partial charge in [0.15, 0.2) is 0 Å². The Morgan fingerprint density at radius 3 is 2.55 bits per heavy atom. The molecule has 0 spiro atoms. The highest BCUT2D eigenvalue weighted by Crippen LogP contribution is 2.01. The molecule has 1 atom stereocenters. The molecule has 0 aromatic carbocycles. The molecule has 0 aliphatic carbocycles. The van der Waals surface area contributed by atoms with Gasteiger partial charge in [0.2, 0.25) is 0 Å². The molecule has 2 N–H and O–H groups in total. The Morgan fingerprint density at radius 2 is 2.00 bits per heavy atom. The maximum Gasteiger partial charge on any atom is 0.267 e. The summed E-state index contributed by atoms with van der Waals surface area (Å²) in [5.74, 6) is 0.816. The van der Waals surface area contributed by atoms with Gasteiger partial charge in [0.25, 0.3) is 22.6 Å². The van der Waals surface area contributed by atoms with Crippen LogP contribution in [0.5, 0.6) is 0 Å². The number of hydrogen-bond acceptors (Lipinski definition) is 3. The number of hydrogen-bond donors (Lipinski definition) is 2. The molecule has 0 saturated carbocycles. The van der Waals surface area contributed by atoms with Crippen molar-refractivity contribution in [3.05, 3.63) is 0 Å². The number of rotatable bonds is 3. The molecule has 1 saturated heterocycles. The summed E-state index contributed by atoms with van der Waals surface area (Å²) in [5, 5.41) is 6.56. The van der Waals surface area contributed by atoms with E-state index in [1.54, 1.807) is 0 Å². The highest BCUT2D eigenvalue weighted by atomic mass is 15.1. The van der Waals surface area contributed by atoms with Gasteiger partial charge in [0.1, 0.15) is 0 Å². The van der Waals surface area contributed by atoms with Crippen LogP contribution in [0.3, 0.4) is 0 Å². The summed E-state index contributed by atoms with van der Waals surface area (Å²) in [7, 11) is 3.03. The predicted molar refractivity (Wildman–Crippen MR) is 53.9 cm³/mol. The lowest BCUT2D eigenvalue weighted by atomic mass is 9.80. The normalized spacial score (nSPS) is 21.3. The molecule has 1 heterocycles. The van der Waals surface area contributed by atoms with E-state index in [1.807, 2.05) is 0 Å². The van der Waals surface area contributed by atoms with Gasteiger partial charge < -0.3 is 15.0 Å². The summed E-state index contributed by atoms with van der Waals surface area (Å²) in [6.07, 6.45) is 1.27. The Bertz CT molecular complexity index is 107. The second-order valence-electron chi connectivity index (χ2n) is 3.36. The zero-order chi connectivity index (χ0) is 8.10. The quantitative estimate of drug-likeness (QED) is 0.471. The maximum atomic E-state index is 3.28. The second-order valence-corrected chi connectivity index (χ2v) is 3.36.